The summed E-state index contributed by atoms with van der Waals surface area (Å²) in [6.45, 7) is 5.22. The van der Waals surface area contributed by atoms with Crippen molar-refractivity contribution in [3.63, 3.8) is 0 Å². The van der Waals surface area contributed by atoms with Gasteiger partial charge in [-0.1, -0.05) is 117 Å². The maximum absolute atomic E-state index is 6.98. The van der Waals surface area contributed by atoms with Gasteiger partial charge in [0.25, 0.3) is 0 Å². The van der Waals surface area contributed by atoms with Gasteiger partial charge in [0.1, 0.15) is 5.75 Å². The third-order valence-corrected chi connectivity index (χ3v) is 7.32. The Morgan fingerprint density at radius 3 is 1.79 bits per heavy atom. The van der Waals surface area contributed by atoms with Crippen LogP contribution in [0.4, 0.5) is 0 Å². The summed E-state index contributed by atoms with van der Waals surface area (Å²) in [6, 6.07) is 37.1. The Hall–Kier alpha value is -3.84. The highest BCUT2D eigenvalue weighted by molar-refractivity contribution is 5.65. The number of hydrogen-bond acceptors (Lipinski definition) is 3. The normalized spacial score (nSPS) is 14.4. The van der Waals surface area contributed by atoms with E-state index in [0.29, 0.717) is 13.2 Å². The molecule has 0 aromatic heterocycles. The van der Waals surface area contributed by atoms with Gasteiger partial charge in [0.15, 0.2) is 0 Å². The molecule has 4 aromatic carbocycles. The number of ether oxygens (including phenoxy) is 3. The van der Waals surface area contributed by atoms with E-state index in [1.54, 1.807) is 0 Å². The number of hydrogen-bond donors (Lipinski definition) is 0. The molecule has 1 aliphatic rings. The van der Waals surface area contributed by atoms with Gasteiger partial charge in [0.2, 0.25) is 11.4 Å². The van der Waals surface area contributed by atoms with Crippen LogP contribution in [-0.2, 0) is 15.1 Å². The summed E-state index contributed by atoms with van der Waals surface area (Å²) in [7, 11) is 0. The molecule has 0 bridgehead atoms. The average molecular weight is 517 g/mol. The Labute approximate surface area is 232 Å². The second-order valence-corrected chi connectivity index (χ2v) is 10.0. The Balaban J connectivity index is 1.44. The zero-order chi connectivity index (χ0) is 27.0. The minimum Gasteiger partial charge on any atom is -0.472 e. The van der Waals surface area contributed by atoms with Gasteiger partial charge in [-0.05, 0) is 48.7 Å². The fourth-order valence-electron chi connectivity index (χ4n) is 5.23. The molecule has 0 spiro atoms. The molecule has 1 saturated heterocycles. The number of unbranched alkanes of at least 4 members (excludes halogenated alkanes) is 3. The molecule has 0 N–H and O–H groups in total. The highest BCUT2D eigenvalue weighted by Crippen LogP contribution is 2.47. The fourth-order valence-corrected chi connectivity index (χ4v) is 5.23. The van der Waals surface area contributed by atoms with Gasteiger partial charge >= 0.3 is 0 Å². The predicted octanol–water partition coefficient (Wildman–Crippen LogP) is 8.37. The van der Waals surface area contributed by atoms with E-state index in [1.165, 1.54) is 19.3 Å². The molecule has 198 valence electrons. The van der Waals surface area contributed by atoms with Gasteiger partial charge in [-0.25, -0.2) is 0 Å². The minimum atomic E-state index is -1.01. The Bertz CT molecular complexity index is 1340. The summed E-state index contributed by atoms with van der Waals surface area (Å²) in [4.78, 5) is 0. The molecule has 3 nitrogen and oxygen atoms in total. The van der Waals surface area contributed by atoms with E-state index >= 15 is 0 Å². The van der Waals surface area contributed by atoms with Crippen LogP contribution in [0.1, 0.15) is 56.2 Å². The summed E-state index contributed by atoms with van der Waals surface area (Å²) < 4.78 is 19.5. The second kappa shape index (κ2) is 12.3. The lowest BCUT2D eigenvalue weighted by Crippen LogP contribution is -2.55. The Morgan fingerprint density at radius 1 is 0.718 bits per heavy atom. The molecular formula is C36H36O3. The van der Waals surface area contributed by atoms with Crippen LogP contribution in [0.2, 0.25) is 0 Å². The van der Waals surface area contributed by atoms with Gasteiger partial charge in [0, 0.05) is 23.1 Å². The van der Waals surface area contributed by atoms with Crippen molar-refractivity contribution >= 4 is 0 Å². The molecule has 0 amide bonds. The maximum atomic E-state index is 6.98. The minimum absolute atomic E-state index is 0.513. The van der Waals surface area contributed by atoms with Crippen LogP contribution in [0.25, 0.3) is 11.1 Å². The third kappa shape index (κ3) is 5.78. The van der Waals surface area contributed by atoms with Crippen LogP contribution in [-0.4, -0.2) is 19.0 Å². The maximum Gasteiger partial charge on any atom is 0.214 e. The van der Waals surface area contributed by atoms with E-state index < -0.39 is 11.4 Å². The van der Waals surface area contributed by atoms with Crippen molar-refractivity contribution in [1.82, 2.24) is 0 Å². The molecule has 0 atom stereocenters. The Kier molecular flexibility index (Phi) is 8.47. The van der Waals surface area contributed by atoms with Crippen molar-refractivity contribution in [2.75, 3.05) is 13.2 Å². The fraction of sp³-hybridized carbons (Fsp3) is 0.278. The number of rotatable bonds is 9. The van der Waals surface area contributed by atoms with Crippen molar-refractivity contribution in [2.24, 2.45) is 0 Å². The molecule has 3 heteroatoms. The Morgan fingerprint density at radius 2 is 1.26 bits per heavy atom. The molecule has 1 aliphatic heterocycles. The highest BCUT2D eigenvalue weighted by Gasteiger charge is 2.57. The van der Waals surface area contributed by atoms with Crippen molar-refractivity contribution in [1.29, 1.82) is 0 Å². The molecule has 0 aliphatic carbocycles. The van der Waals surface area contributed by atoms with Gasteiger partial charge in [-0.3, -0.25) is 0 Å². The standard InChI is InChI=1S/C36H36O3/c1-3-4-5-6-9-14-29-19-21-30(22-20-29)31-23-25-34(26-24-31)39-36(32-15-10-7-11-16-32,33-17-12-8-13-18-33)35(2)37-27-28-38-35/h7-8,10-13,15-26H,3-6,27-28H2,1-2H3. The van der Waals surface area contributed by atoms with Crippen LogP contribution in [0.15, 0.2) is 109 Å². The topological polar surface area (TPSA) is 27.7 Å². The second-order valence-electron chi connectivity index (χ2n) is 10.0. The van der Waals surface area contributed by atoms with E-state index in [-0.39, 0.29) is 0 Å². The highest BCUT2D eigenvalue weighted by atomic mass is 16.8. The van der Waals surface area contributed by atoms with Crippen molar-refractivity contribution in [3.05, 3.63) is 126 Å². The zero-order valence-electron chi connectivity index (χ0n) is 22.9. The quantitative estimate of drug-likeness (QED) is 0.165. The SMILES string of the molecule is CCCCCC#Cc1ccc(-c2ccc(OC(c3ccccc3)(c3ccccc3)C3(C)OCCO3)cc2)cc1. The first-order valence-electron chi connectivity index (χ1n) is 13.9. The van der Waals surface area contributed by atoms with Crippen LogP contribution in [0.3, 0.4) is 0 Å². The van der Waals surface area contributed by atoms with Crippen molar-refractivity contribution < 1.29 is 14.2 Å². The molecular weight excluding hydrogens is 480 g/mol. The van der Waals surface area contributed by atoms with Gasteiger partial charge < -0.3 is 14.2 Å². The molecule has 1 fully saturated rings. The van der Waals surface area contributed by atoms with Crippen molar-refractivity contribution in [2.45, 2.75) is 50.9 Å². The first-order valence-corrected chi connectivity index (χ1v) is 13.9. The van der Waals surface area contributed by atoms with E-state index in [0.717, 1.165) is 40.0 Å². The predicted molar refractivity (Wildman–Crippen MR) is 157 cm³/mol. The first kappa shape index (κ1) is 26.8. The summed E-state index contributed by atoms with van der Waals surface area (Å²) in [5, 5.41) is 0. The molecule has 4 aromatic rings. The van der Waals surface area contributed by atoms with Gasteiger partial charge in [-0.2, -0.15) is 0 Å². The molecule has 5 rings (SSSR count). The zero-order valence-corrected chi connectivity index (χ0v) is 22.9. The lowest BCUT2D eigenvalue weighted by Gasteiger charge is -2.45. The average Bonchev–Trinajstić information content (AvgIpc) is 3.45. The molecule has 0 radical (unpaired) electrons. The summed E-state index contributed by atoms with van der Waals surface area (Å²) in [5.74, 6) is 6.30. The summed E-state index contributed by atoms with van der Waals surface area (Å²) >= 11 is 0. The van der Waals surface area contributed by atoms with Crippen LogP contribution in [0.5, 0.6) is 5.75 Å². The molecule has 1 heterocycles. The first-order chi connectivity index (χ1) is 19.1. The molecule has 0 saturated carbocycles. The van der Waals surface area contributed by atoms with Crippen LogP contribution < -0.4 is 4.74 Å². The number of benzene rings is 4. The van der Waals surface area contributed by atoms with E-state index in [2.05, 4.69) is 79.4 Å². The van der Waals surface area contributed by atoms with Crippen LogP contribution >= 0.6 is 0 Å². The monoisotopic (exact) mass is 516 g/mol. The third-order valence-electron chi connectivity index (χ3n) is 7.32. The molecule has 0 unspecified atom stereocenters. The smallest absolute Gasteiger partial charge is 0.214 e. The lowest BCUT2D eigenvalue weighted by atomic mass is 9.79. The summed E-state index contributed by atoms with van der Waals surface area (Å²) in [6.07, 6.45) is 4.59. The van der Waals surface area contributed by atoms with E-state index in [1.807, 2.05) is 55.5 Å². The summed E-state index contributed by atoms with van der Waals surface area (Å²) in [5.41, 5.74) is 4.24. The van der Waals surface area contributed by atoms with Gasteiger partial charge in [-0.15, -0.1) is 0 Å². The van der Waals surface area contributed by atoms with E-state index in [9.17, 15) is 0 Å². The molecule has 39 heavy (non-hydrogen) atoms. The largest absolute Gasteiger partial charge is 0.472 e. The lowest BCUT2D eigenvalue weighted by molar-refractivity contribution is -0.237. The van der Waals surface area contributed by atoms with Gasteiger partial charge in [0.05, 0.1) is 13.2 Å². The van der Waals surface area contributed by atoms with E-state index in [4.69, 9.17) is 14.2 Å². The van der Waals surface area contributed by atoms with Crippen molar-refractivity contribution in [3.8, 4) is 28.7 Å². The van der Waals surface area contributed by atoms with Crippen LogP contribution in [0, 0.1) is 11.8 Å².